The first-order valence-electron chi connectivity index (χ1n) is 12.9. The first kappa shape index (κ1) is 21.8. The van der Waals surface area contributed by atoms with Crippen molar-refractivity contribution in [2.24, 2.45) is 0 Å². The number of H-pyrrole nitrogens is 1. The summed E-state index contributed by atoms with van der Waals surface area (Å²) in [5, 5.41) is 17.8. The van der Waals surface area contributed by atoms with E-state index >= 15 is 0 Å². The third-order valence-corrected chi connectivity index (χ3v) is 8.06. The highest BCUT2D eigenvalue weighted by atomic mass is 16.5. The fourth-order valence-electron chi connectivity index (χ4n) is 6.26. The van der Waals surface area contributed by atoms with E-state index in [4.69, 9.17) is 14.7 Å². The number of nitrogens with one attached hydrogen (secondary N) is 1. The van der Waals surface area contributed by atoms with Crippen molar-refractivity contribution in [3.63, 3.8) is 0 Å². The number of methoxy groups -OCH3 is 1. The molecule has 3 aliphatic rings. The highest BCUT2D eigenvalue weighted by Gasteiger charge is 2.35. The van der Waals surface area contributed by atoms with E-state index in [1.165, 1.54) is 17.5 Å². The third kappa shape index (κ3) is 3.55. The van der Waals surface area contributed by atoms with Crippen LogP contribution in [0.3, 0.4) is 0 Å². The normalized spacial score (nSPS) is 21.7. The summed E-state index contributed by atoms with van der Waals surface area (Å²) < 4.78 is 5.75. The lowest BCUT2D eigenvalue weighted by molar-refractivity contribution is 0.173. The number of aliphatic hydroxyl groups is 1. The van der Waals surface area contributed by atoms with Crippen LogP contribution in [0.25, 0.3) is 33.5 Å². The fraction of sp³-hybridized carbons (Fsp3) is 0.393. The van der Waals surface area contributed by atoms with Crippen LogP contribution in [0.1, 0.15) is 24.0 Å². The molecule has 3 aromatic heterocycles. The van der Waals surface area contributed by atoms with Gasteiger partial charge in [0.1, 0.15) is 28.5 Å². The van der Waals surface area contributed by atoms with Crippen molar-refractivity contribution in [3.05, 3.63) is 53.7 Å². The van der Waals surface area contributed by atoms with Crippen molar-refractivity contribution in [2.75, 3.05) is 38.2 Å². The number of benzene rings is 1. The molecule has 2 saturated heterocycles. The Hall–Kier alpha value is -3.49. The monoisotopic (exact) mass is 482 g/mol. The number of fused-ring (bicyclic) bond motifs is 3. The number of aromatic amines is 1. The van der Waals surface area contributed by atoms with Crippen molar-refractivity contribution < 1.29 is 9.84 Å². The van der Waals surface area contributed by atoms with Gasteiger partial charge in [-0.2, -0.15) is 5.10 Å². The van der Waals surface area contributed by atoms with Gasteiger partial charge in [-0.25, -0.2) is 9.97 Å². The molecule has 0 amide bonds. The summed E-state index contributed by atoms with van der Waals surface area (Å²) in [5.74, 6) is 1.72. The maximum absolute atomic E-state index is 10.0. The van der Waals surface area contributed by atoms with E-state index in [1.54, 1.807) is 7.11 Å². The van der Waals surface area contributed by atoms with Crippen LogP contribution in [0.15, 0.2) is 42.6 Å². The van der Waals surface area contributed by atoms with Gasteiger partial charge in [-0.1, -0.05) is 18.2 Å². The largest absolute Gasteiger partial charge is 0.494 e. The van der Waals surface area contributed by atoms with Crippen molar-refractivity contribution in [2.45, 2.75) is 37.8 Å². The minimum Gasteiger partial charge on any atom is -0.494 e. The van der Waals surface area contributed by atoms with Gasteiger partial charge in [-0.3, -0.25) is 10.00 Å². The van der Waals surface area contributed by atoms with Gasteiger partial charge in [0.25, 0.3) is 0 Å². The summed E-state index contributed by atoms with van der Waals surface area (Å²) in [6, 6.07) is 13.1. The van der Waals surface area contributed by atoms with Crippen molar-refractivity contribution in [3.8, 4) is 28.3 Å². The molecule has 184 valence electrons. The SMILES string of the molecule is COc1cc2[nH]nc(-c3ccc(N4CCN5C[C@H](O)C[C@H]5C4)nc3)c2nc1-c1cccc2c1CCC2. The lowest BCUT2D eigenvalue weighted by Gasteiger charge is -2.37. The molecule has 0 bridgehead atoms. The Balaban J connectivity index is 1.22. The van der Waals surface area contributed by atoms with Crippen molar-refractivity contribution in [1.82, 2.24) is 25.1 Å². The lowest BCUT2D eigenvalue weighted by atomic mass is 9.99. The predicted octanol–water partition coefficient (Wildman–Crippen LogP) is 3.44. The van der Waals surface area contributed by atoms with Crippen molar-refractivity contribution >= 4 is 16.9 Å². The van der Waals surface area contributed by atoms with Gasteiger partial charge in [0.2, 0.25) is 0 Å². The number of aliphatic hydroxyl groups excluding tert-OH is 1. The van der Waals surface area contributed by atoms with Gasteiger partial charge >= 0.3 is 0 Å². The fourth-order valence-corrected chi connectivity index (χ4v) is 6.26. The van der Waals surface area contributed by atoms with Crippen LogP contribution < -0.4 is 9.64 Å². The van der Waals surface area contributed by atoms with Crippen LogP contribution in [-0.4, -0.2) is 75.6 Å². The Morgan fingerprint density at radius 2 is 2.03 bits per heavy atom. The Morgan fingerprint density at radius 3 is 2.89 bits per heavy atom. The number of anilines is 1. The predicted molar refractivity (Wildman–Crippen MR) is 139 cm³/mol. The van der Waals surface area contributed by atoms with Crippen LogP contribution in [0.4, 0.5) is 5.82 Å². The van der Waals surface area contributed by atoms with Gasteiger partial charge in [0.15, 0.2) is 0 Å². The molecule has 5 heterocycles. The van der Waals surface area contributed by atoms with Crippen LogP contribution in [0, 0.1) is 0 Å². The summed E-state index contributed by atoms with van der Waals surface area (Å²) >= 11 is 0. The number of nitrogens with zero attached hydrogens (tertiary/aromatic N) is 5. The second-order valence-corrected chi connectivity index (χ2v) is 10.2. The van der Waals surface area contributed by atoms with E-state index in [1.807, 2.05) is 12.3 Å². The van der Waals surface area contributed by atoms with Crippen molar-refractivity contribution in [1.29, 1.82) is 0 Å². The van der Waals surface area contributed by atoms with Crippen LogP contribution >= 0.6 is 0 Å². The summed E-state index contributed by atoms with van der Waals surface area (Å²) in [6.07, 6.45) is 5.92. The molecular formula is C28H30N6O2. The molecule has 0 radical (unpaired) electrons. The first-order chi connectivity index (χ1) is 17.7. The minimum absolute atomic E-state index is 0.203. The quantitative estimate of drug-likeness (QED) is 0.461. The molecule has 7 rings (SSSR count). The zero-order valence-electron chi connectivity index (χ0n) is 20.4. The summed E-state index contributed by atoms with van der Waals surface area (Å²) in [7, 11) is 1.70. The maximum Gasteiger partial charge on any atom is 0.147 e. The number of piperazine rings is 1. The molecule has 1 aliphatic carbocycles. The lowest BCUT2D eigenvalue weighted by Crippen LogP contribution is -2.50. The third-order valence-electron chi connectivity index (χ3n) is 8.06. The zero-order valence-corrected chi connectivity index (χ0v) is 20.4. The van der Waals surface area contributed by atoms with E-state index in [2.05, 4.69) is 50.3 Å². The maximum atomic E-state index is 10.0. The van der Waals surface area contributed by atoms with E-state index in [9.17, 15) is 5.11 Å². The number of hydrogen-bond donors (Lipinski definition) is 2. The molecule has 1 aromatic carbocycles. The average Bonchev–Trinajstić information content (AvgIpc) is 3.64. The van der Waals surface area contributed by atoms with Gasteiger partial charge in [-0.05, 0) is 48.9 Å². The molecule has 2 fully saturated rings. The Morgan fingerprint density at radius 1 is 1.08 bits per heavy atom. The van der Waals surface area contributed by atoms with Crippen LogP contribution in [0.5, 0.6) is 5.75 Å². The number of aromatic nitrogens is 4. The highest BCUT2D eigenvalue weighted by Crippen LogP contribution is 2.39. The first-order valence-corrected chi connectivity index (χ1v) is 12.9. The van der Waals surface area contributed by atoms with E-state index < -0.39 is 0 Å². The summed E-state index contributed by atoms with van der Waals surface area (Å²) in [4.78, 5) is 14.6. The number of hydrogen-bond acceptors (Lipinski definition) is 7. The van der Waals surface area contributed by atoms with Gasteiger partial charge < -0.3 is 14.7 Å². The molecular weight excluding hydrogens is 452 g/mol. The Bertz CT molecular complexity index is 1430. The van der Waals surface area contributed by atoms with E-state index in [0.717, 1.165) is 90.6 Å². The van der Waals surface area contributed by atoms with Gasteiger partial charge in [0.05, 0.1) is 18.7 Å². The molecule has 8 nitrogen and oxygen atoms in total. The summed E-state index contributed by atoms with van der Waals surface area (Å²) in [6.45, 7) is 3.59. The molecule has 4 aromatic rings. The van der Waals surface area contributed by atoms with E-state index in [-0.39, 0.29) is 6.10 Å². The smallest absolute Gasteiger partial charge is 0.147 e. The Labute approximate surface area is 209 Å². The Kier molecular flexibility index (Phi) is 5.18. The standard InChI is InChI=1S/C28H30N6O2/c1-36-24-13-23-28(30-27(24)22-7-3-5-17-4-2-6-21(17)22)26(32-31-23)18-8-9-25(29-14-18)34-11-10-33-16-20(35)12-19(33)15-34/h3,5,7-9,13-14,19-20,35H,2,4,6,10-12,15-16H2,1H3,(H,31,32)/t19-,20+/m0/s1. The number of ether oxygens (including phenoxy) is 1. The molecule has 2 N–H and O–H groups in total. The van der Waals surface area contributed by atoms with Gasteiger partial charge in [0, 0.05) is 55.6 Å². The summed E-state index contributed by atoms with van der Waals surface area (Å²) in [5.41, 5.74) is 8.21. The number of pyridine rings is 2. The van der Waals surface area contributed by atoms with E-state index in [0.29, 0.717) is 6.04 Å². The number of rotatable bonds is 4. The molecule has 0 spiro atoms. The molecule has 2 atom stereocenters. The van der Waals surface area contributed by atoms with Gasteiger partial charge in [-0.15, -0.1) is 0 Å². The second kappa shape index (κ2) is 8.57. The molecule has 2 aliphatic heterocycles. The molecule has 8 heteroatoms. The minimum atomic E-state index is -0.203. The molecule has 36 heavy (non-hydrogen) atoms. The topological polar surface area (TPSA) is 90.4 Å². The van der Waals surface area contributed by atoms with Crippen LogP contribution in [0.2, 0.25) is 0 Å². The molecule has 0 unspecified atom stereocenters. The van der Waals surface area contributed by atoms with Crippen LogP contribution in [-0.2, 0) is 12.8 Å². The zero-order chi connectivity index (χ0) is 24.2. The highest BCUT2D eigenvalue weighted by molar-refractivity contribution is 5.93. The average molecular weight is 483 g/mol. The number of aryl methyl sites for hydroxylation is 1. The molecule has 0 saturated carbocycles. The second-order valence-electron chi connectivity index (χ2n) is 10.2.